The van der Waals surface area contributed by atoms with Crippen molar-refractivity contribution in [2.24, 2.45) is 5.92 Å². The molecule has 0 radical (unpaired) electrons. The van der Waals surface area contributed by atoms with Crippen LogP contribution < -0.4 is 5.32 Å². The molecule has 1 atom stereocenters. The molecule has 0 saturated heterocycles. The summed E-state index contributed by atoms with van der Waals surface area (Å²) in [5.74, 6) is -1.20. The second-order valence-electron chi connectivity index (χ2n) is 4.84. The number of pyridine rings is 1. The van der Waals surface area contributed by atoms with Crippen LogP contribution in [0.25, 0.3) is 0 Å². The zero-order chi connectivity index (χ0) is 15.1. The van der Waals surface area contributed by atoms with Gasteiger partial charge < -0.3 is 15.3 Å². The normalized spacial score (nSPS) is 12.0. The average molecular weight is 279 g/mol. The van der Waals surface area contributed by atoms with Gasteiger partial charge in [0.05, 0.1) is 12.2 Å². The van der Waals surface area contributed by atoms with E-state index in [-0.39, 0.29) is 11.9 Å². The lowest BCUT2D eigenvalue weighted by Crippen LogP contribution is -2.49. The van der Waals surface area contributed by atoms with Crippen molar-refractivity contribution in [1.82, 2.24) is 15.2 Å². The van der Waals surface area contributed by atoms with Crippen LogP contribution in [0.15, 0.2) is 24.4 Å². The van der Waals surface area contributed by atoms with E-state index in [4.69, 9.17) is 5.11 Å². The average Bonchev–Trinajstić information content (AvgIpc) is 2.42. The number of carbonyl (C=O) groups excluding carboxylic acids is 1. The largest absolute Gasteiger partial charge is 0.480 e. The van der Waals surface area contributed by atoms with Crippen molar-refractivity contribution in [3.8, 4) is 0 Å². The fourth-order valence-electron chi connectivity index (χ4n) is 1.75. The first-order chi connectivity index (χ1) is 9.45. The quantitative estimate of drug-likeness (QED) is 0.830. The Labute approximate surface area is 118 Å². The first-order valence-corrected chi connectivity index (χ1v) is 6.63. The molecule has 110 valence electrons. The molecule has 0 spiro atoms. The van der Waals surface area contributed by atoms with Crippen LogP contribution in [0.5, 0.6) is 0 Å². The summed E-state index contributed by atoms with van der Waals surface area (Å²) in [6.07, 6.45) is 1.66. The molecule has 1 heterocycles. The minimum absolute atomic E-state index is 0.176. The van der Waals surface area contributed by atoms with Crippen LogP contribution in [0.2, 0.25) is 0 Å². The minimum atomic E-state index is -1.03. The summed E-state index contributed by atoms with van der Waals surface area (Å²) in [7, 11) is 0. The molecule has 0 aliphatic heterocycles. The van der Waals surface area contributed by atoms with Gasteiger partial charge in [0.25, 0.3) is 0 Å². The van der Waals surface area contributed by atoms with Crippen molar-refractivity contribution in [2.45, 2.75) is 33.4 Å². The molecule has 0 bridgehead atoms. The Kier molecular flexibility index (Phi) is 5.96. The highest BCUT2D eigenvalue weighted by Crippen LogP contribution is 2.05. The molecule has 0 aromatic carbocycles. The maximum atomic E-state index is 12.1. The van der Waals surface area contributed by atoms with Crippen LogP contribution in [-0.2, 0) is 11.3 Å². The van der Waals surface area contributed by atoms with Crippen LogP contribution in [0.3, 0.4) is 0 Å². The number of aliphatic carboxylic acids is 1. The van der Waals surface area contributed by atoms with E-state index in [9.17, 15) is 9.59 Å². The van der Waals surface area contributed by atoms with Gasteiger partial charge in [0, 0.05) is 12.7 Å². The van der Waals surface area contributed by atoms with Crippen molar-refractivity contribution < 1.29 is 14.7 Å². The monoisotopic (exact) mass is 279 g/mol. The fourth-order valence-corrected chi connectivity index (χ4v) is 1.75. The van der Waals surface area contributed by atoms with Crippen molar-refractivity contribution in [3.63, 3.8) is 0 Å². The lowest BCUT2D eigenvalue weighted by Gasteiger charge is -2.25. The zero-order valence-corrected chi connectivity index (χ0v) is 12.0. The first-order valence-electron chi connectivity index (χ1n) is 6.63. The number of aromatic nitrogens is 1. The number of carboxylic acids is 1. The highest BCUT2D eigenvalue weighted by molar-refractivity contribution is 5.82. The Balaban J connectivity index is 2.69. The maximum absolute atomic E-state index is 12.1. The second-order valence-corrected chi connectivity index (χ2v) is 4.84. The molecule has 0 aliphatic carbocycles. The van der Waals surface area contributed by atoms with E-state index < -0.39 is 12.0 Å². The van der Waals surface area contributed by atoms with E-state index in [0.717, 1.165) is 5.69 Å². The molecule has 6 nitrogen and oxygen atoms in total. The van der Waals surface area contributed by atoms with E-state index >= 15 is 0 Å². The molecule has 0 fully saturated rings. The summed E-state index contributed by atoms with van der Waals surface area (Å²) < 4.78 is 0. The summed E-state index contributed by atoms with van der Waals surface area (Å²) >= 11 is 0. The summed E-state index contributed by atoms with van der Waals surface area (Å²) in [5.41, 5.74) is 0.765. The van der Waals surface area contributed by atoms with Crippen LogP contribution in [0.1, 0.15) is 26.5 Å². The number of nitrogens with one attached hydrogen (secondary N) is 1. The minimum Gasteiger partial charge on any atom is -0.480 e. The number of hydrogen-bond donors (Lipinski definition) is 2. The summed E-state index contributed by atoms with van der Waals surface area (Å²) in [6.45, 7) is 6.19. The lowest BCUT2D eigenvalue weighted by atomic mass is 10.1. The van der Waals surface area contributed by atoms with Gasteiger partial charge in [-0.2, -0.15) is 0 Å². The third-order valence-corrected chi connectivity index (χ3v) is 2.96. The van der Waals surface area contributed by atoms with Gasteiger partial charge in [-0.05, 0) is 25.0 Å². The smallest absolute Gasteiger partial charge is 0.326 e. The molecule has 0 unspecified atom stereocenters. The fraction of sp³-hybridized carbons (Fsp3) is 0.500. The number of hydrogen-bond acceptors (Lipinski definition) is 3. The zero-order valence-electron chi connectivity index (χ0n) is 12.0. The molecule has 1 aromatic heterocycles. The highest BCUT2D eigenvalue weighted by atomic mass is 16.4. The standard InChI is InChI=1S/C14H21N3O3/c1-4-17(9-11-7-5-6-8-15-11)14(20)16-12(10(2)3)13(18)19/h5-8,10,12H,4,9H2,1-3H3,(H,16,20)(H,18,19)/t12-/m1/s1. The highest BCUT2D eigenvalue weighted by Gasteiger charge is 2.25. The van der Waals surface area contributed by atoms with Gasteiger partial charge in [-0.15, -0.1) is 0 Å². The van der Waals surface area contributed by atoms with E-state index in [1.165, 1.54) is 4.90 Å². The molecular formula is C14H21N3O3. The third-order valence-electron chi connectivity index (χ3n) is 2.96. The Morgan fingerprint density at radius 3 is 2.55 bits per heavy atom. The van der Waals surface area contributed by atoms with Crippen molar-refractivity contribution in [2.75, 3.05) is 6.54 Å². The second kappa shape index (κ2) is 7.47. The molecule has 0 aliphatic rings. The van der Waals surface area contributed by atoms with Gasteiger partial charge in [0.15, 0.2) is 0 Å². The molecule has 6 heteroatoms. The van der Waals surface area contributed by atoms with Gasteiger partial charge in [-0.25, -0.2) is 9.59 Å². The van der Waals surface area contributed by atoms with E-state index in [2.05, 4.69) is 10.3 Å². The SMILES string of the molecule is CCN(Cc1ccccn1)C(=O)N[C@@H](C(=O)O)C(C)C. The van der Waals surface area contributed by atoms with E-state index in [1.807, 2.05) is 19.1 Å². The maximum Gasteiger partial charge on any atom is 0.326 e. The number of nitrogens with zero attached hydrogens (tertiary/aromatic N) is 2. The van der Waals surface area contributed by atoms with Crippen LogP contribution in [0.4, 0.5) is 4.79 Å². The predicted molar refractivity (Wildman–Crippen MR) is 75.1 cm³/mol. The molecule has 0 saturated carbocycles. The van der Waals surface area contributed by atoms with Gasteiger partial charge in [0.1, 0.15) is 6.04 Å². The van der Waals surface area contributed by atoms with Gasteiger partial charge in [-0.3, -0.25) is 4.98 Å². The number of amides is 2. The van der Waals surface area contributed by atoms with Gasteiger partial charge in [-0.1, -0.05) is 19.9 Å². The Hall–Kier alpha value is -2.11. The van der Waals surface area contributed by atoms with E-state index in [0.29, 0.717) is 13.1 Å². The summed E-state index contributed by atoms with van der Waals surface area (Å²) in [5, 5.41) is 11.6. The van der Waals surface area contributed by atoms with Crippen LogP contribution >= 0.6 is 0 Å². The van der Waals surface area contributed by atoms with Crippen LogP contribution in [-0.4, -0.2) is 39.6 Å². The number of urea groups is 1. The molecular weight excluding hydrogens is 258 g/mol. The molecule has 2 N–H and O–H groups in total. The molecule has 1 aromatic rings. The van der Waals surface area contributed by atoms with Gasteiger partial charge in [0.2, 0.25) is 0 Å². The third kappa shape index (κ3) is 4.53. The van der Waals surface area contributed by atoms with Crippen molar-refractivity contribution in [3.05, 3.63) is 30.1 Å². The topological polar surface area (TPSA) is 82.5 Å². The van der Waals surface area contributed by atoms with Crippen molar-refractivity contribution in [1.29, 1.82) is 0 Å². The summed E-state index contributed by atoms with van der Waals surface area (Å²) in [4.78, 5) is 28.9. The first kappa shape index (κ1) is 15.9. The Morgan fingerprint density at radius 1 is 1.40 bits per heavy atom. The molecule has 1 rings (SSSR count). The van der Waals surface area contributed by atoms with Crippen molar-refractivity contribution >= 4 is 12.0 Å². The molecule has 2 amide bonds. The van der Waals surface area contributed by atoms with E-state index in [1.54, 1.807) is 26.1 Å². The number of carbonyl (C=O) groups is 2. The Morgan fingerprint density at radius 2 is 2.10 bits per heavy atom. The number of rotatable bonds is 6. The predicted octanol–water partition coefficient (Wildman–Crippen LogP) is 1.72. The summed E-state index contributed by atoms with van der Waals surface area (Å²) in [6, 6.07) is 4.20. The van der Waals surface area contributed by atoms with Gasteiger partial charge >= 0.3 is 12.0 Å². The van der Waals surface area contributed by atoms with Crippen LogP contribution in [0, 0.1) is 5.92 Å². The Bertz CT molecular complexity index is 448. The lowest BCUT2D eigenvalue weighted by molar-refractivity contribution is -0.140. The number of carboxylic acid groups (broad SMARTS) is 1. The molecule has 20 heavy (non-hydrogen) atoms.